The first-order valence-corrected chi connectivity index (χ1v) is 4.95. The zero-order chi connectivity index (χ0) is 8.39. The van der Waals surface area contributed by atoms with Gasteiger partial charge >= 0.3 is 0 Å². The molecule has 0 saturated carbocycles. The average Bonchev–Trinajstić information content (AvgIpc) is 2.75. The van der Waals surface area contributed by atoms with Crippen molar-refractivity contribution in [1.29, 1.82) is 0 Å². The number of nitrogens with zero attached hydrogens (tertiary/aromatic N) is 2. The van der Waals surface area contributed by atoms with Crippen LogP contribution in [0.2, 0.25) is 0 Å². The molecule has 0 radical (unpaired) electrons. The number of terminal acetylenes is 1. The minimum Gasteiger partial charge on any atom is -0.348 e. The van der Waals surface area contributed by atoms with Crippen molar-refractivity contribution in [3.8, 4) is 12.3 Å². The Balaban J connectivity index is 2.17. The summed E-state index contributed by atoms with van der Waals surface area (Å²) < 4.78 is 0. The molecule has 1 aromatic heterocycles. The summed E-state index contributed by atoms with van der Waals surface area (Å²) in [6.07, 6.45) is 7.80. The van der Waals surface area contributed by atoms with Gasteiger partial charge in [0.15, 0.2) is 5.13 Å². The topological polar surface area (TPSA) is 16.1 Å². The van der Waals surface area contributed by atoms with E-state index in [0.717, 1.165) is 23.9 Å². The van der Waals surface area contributed by atoms with Crippen LogP contribution in [0.5, 0.6) is 0 Å². The molecule has 3 heteroatoms. The minimum absolute atomic E-state index is 0.766. The first-order valence-electron chi connectivity index (χ1n) is 4.07. The van der Waals surface area contributed by atoms with Crippen LogP contribution in [0.15, 0.2) is 5.38 Å². The Morgan fingerprint density at radius 3 is 2.83 bits per heavy atom. The van der Waals surface area contributed by atoms with Crippen molar-refractivity contribution in [2.75, 3.05) is 18.0 Å². The maximum Gasteiger partial charge on any atom is 0.186 e. The zero-order valence-electron chi connectivity index (χ0n) is 6.79. The highest BCUT2D eigenvalue weighted by Gasteiger charge is 2.14. The van der Waals surface area contributed by atoms with Gasteiger partial charge in [-0.1, -0.05) is 0 Å². The van der Waals surface area contributed by atoms with Gasteiger partial charge in [-0.3, -0.25) is 0 Å². The van der Waals surface area contributed by atoms with E-state index in [1.165, 1.54) is 12.8 Å². The fourth-order valence-electron chi connectivity index (χ4n) is 1.38. The molecule has 1 aliphatic rings. The Kier molecular flexibility index (Phi) is 2.01. The first kappa shape index (κ1) is 7.63. The minimum atomic E-state index is 0.766. The molecule has 62 valence electrons. The van der Waals surface area contributed by atoms with Crippen LogP contribution in [0.4, 0.5) is 5.13 Å². The normalized spacial score (nSPS) is 16.4. The van der Waals surface area contributed by atoms with E-state index in [0.29, 0.717) is 0 Å². The predicted molar refractivity (Wildman–Crippen MR) is 51.5 cm³/mol. The van der Waals surface area contributed by atoms with Crippen molar-refractivity contribution in [3.05, 3.63) is 11.1 Å². The number of hydrogen-bond donors (Lipinski definition) is 0. The van der Waals surface area contributed by atoms with E-state index in [9.17, 15) is 0 Å². The highest BCUT2D eigenvalue weighted by Crippen LogP contribution is 2.23. The van der Waals surface area contributed by atoms with E-state index in [1.54, 1.807) is 11.3 Å². The standard InChI is InChI=1S/C9H10N2S/c1-2-8-7-12-9(10-8)11-5-3-4-6-11/h1,7H,3-6H2. The van der Waals surface area contributed by atoms with Crippen molar-refractivity contribution in [3.63, 3.8) is 0 Å². The summed E-state index contributed by atoms with van der Waals surface area (Å²) in [5.74, 6) is 2.54. The molecule has 0 aliphatic carbocycles. The summed E-state index contributed by atoms with van der Waals surface area (Å²) in [6.45, 7) is 2.27. The molecule has 12 heavy (non-hydrogen) atoms. The van der Waals surface area contributed by atoms with Gasteiger partial charge in [-0.25, -0.2) is 4.98 Å². The van der Waals surface area contributed by atoms with Crippen LogP contribution in [0, 0.1) is 12.3 Å². The monoisotopic (exact) mass is 178 g/mol. The van der Waals surface area contributed by atoms with Crippen LogP contribution in [-0.2, 0) is 0 Å². The summed E-state index contributed by atoms with van der Waals surface area (Å²) in [5.41, 5.74) is 0.766. The fourth-order valence-corrected chi connectivity index (χ4v) is 2.20. The van der Waals surface area contributed by atoms with E-state index in [1.807, 2.05) is 5.38 Å². The Morgan fingerprint density at radius 1 is 1.50 bits per heavy atom. The van der Waals surface area contributed by atoms with Crippen molar-refractivity contribution in [2.45, 2.75) is 12.8 Å². The number of anilines is 1. The second kappa shape index (κ2) is 3.16. The van der Waals surface area contributed by atoms with Crippen molar-refractivity contribution in [1.82, 2.24) is 4.98 Å². The summed E-state index contributed by atoms with van der Waals surface area (Å²) in [4.78, 5) is 6.62. The highest BCUT2D eigenvalue weighted by atomic mass is 32.1. The van der Waals surface area contributed by atoms with Gasteiger partial charge in [-0.15, -0.1) is 17.8 Å². The Labute approximate surface area is 76.2 Å². The third-order valence-corrected chi connectivity index (χ3v) is 2.92. The van der Waals surface area contributed by atoms with Crippen molar-refractivity contribution in [2.24, 2.45) is 0 Å². The second-order valence-electron chi connectivity index (χ2n) is 2.85. The number of hydrogen-bond acceptors (Lipinski definition) is 3. The van der Waals surface area contributed by atoms with E-state index in [-0.39, 0.29) is 0 Å². The molecule has 1 fully saturated rings. The smallest absolute Gasteiger partial charge is 0.186 e. The summed E-state index contributed by atoms with van der Waals surface area (Å²) in [6, 6.07) is 0. The predicted octanol–water partition coefficient (Wildman–Crippen LogP) is 1.72. The van der Waals surface area contributed by atoms with E-state index in [2.05, 4.69) is 15.8 Å². The molecule has 0 N–H and O–H groups in total. The molecule has 2 rings (SSSR count). The van der Waals surface area contributed by atoms with Crippen LogP contribution in [0.3, 0.4) is 0 Å². The second-order valence-corrected chi connectivity index (χ2v) is 3.69. The van der Waals surface area contributed by atoms with Crippen LogP contribution in [-0.4, -0.2) is 18.1 Å². The number of rotatable bonds is 1. The zero-order valence-corrected chi connectivity index (χ0v) is 7.60. The molecule has 2 nitrogen and oxygen atoms in total. The lowest BCUT2D eigenvalue weighted by molar-refractivity contribution is 0.949. The fraction of sp³-hybridized carbons (Fsp3) is 0.444. The summed E-state index contributed by atoms with van der Waals surface area (Å²) in [5, 5.41) is 3.02. The van der Waals surface area contributed by atoms with Crippen molar-refractivity contribution >= 4 is 16.5 Å². The molecule has 0 bridgehead atoms. The Hall–Kier alpha value is -1.01. The van der Waals surface area contributed by atoms with Gasteiger partial charge in [-0.05, 0) is 18.8 Å². The molecule has 0 unspecified atom stereocenters. The number of thiazole rings is 1. The van der Waals surface area contributed by atoms with E-state index < -0.39 is 0 Å². The van der Waals surface area contributed by atoms with Gasteiger partial charge in [0.1, 0.15) is 5.69 Å². The molecule has 1 aromatic rings. The molecule has 0 spiro atoms. The third-order valence-electron chi connectivity index (χ3n) is 2.02. The van der Waals surface area contributed by atoms with Gasteiger partial charge in [0, 0.05) is 18.5 Å². The SMILES string of the molecule is C#Cc1csc(N2CCCC2)n1. The molecular weight excluding hydrogens is 168 g/mol. The average molecular weight is 178 g/mol. The molecule has 1 aliphatic heterocycles. The quantitative estimate of drug-likeness (QED) is 0.609. The van der Waals surface area contributed by atoms with Crippen LogP contribution in [0.25, 0.3) is 0 Å². The van der Waals surface area contributed by atoms with E-state index in [4.69, 9.17) is 6.42 Å². The van der Waals surface area contributed by atoms with Gasteiger partial charge in [0.25, 0.3) is 0 Å². The lowest BCUT2D eigenvalue weighted by Crippen LogP contribution is -2.17. The maximum atomic E-state index is 5.24. The van der Waals surface area contributed by atoms with Crippen LogP contribution < -0.4 is 4.90 Å². The van der Waals surface area contributed by atoms with Gasteiger partial charge in [0.05, 0.1) is 0 Å². The molecule has 2 heterocycles. The summed E-state index contributed by atoms with van der Waals surface area (Å²) in [7, 11) is 0. The molecule has 0 aromatic carbocycles. The third kappa shape index (κ3) is 1.30. The largest absolute Gasteiger partial charge is 0.348 e. The van der Waals surface area contributed by atoms with Gasteiger partial charge in [0.2, 0.25) is 0 Å². The molecular formula is C9H10N2S. The molecule has 1 saturated heterocycles. The summed E-state index contributed by atoms with van der Waals surface area (Å²) >= 11 is 1.64. The number of aromatic nitrogens is 1. The van der Waals surface area contributed by atoms with Gasteiger partial charge in [-0.2, -0.15) is 0 Å². The highest BCUT2D eigenvalue weighted by molar-refractivity contribution is 7.13. The van der Waals surface area contributed by atoms with Crippen LogP contribution >= 0.6 is 11.3 Å². The lowest BCUT2D eigenvalue weighted by Gasteiger charge is -2.11. The first-order chi connectivity index (χ1) is 5.90. The Bertz CT molecular complexity index is 305. The maximum absolute atomic E-state index is 5.24. The van der Waals surface area contributed by atoms with Crippen LogP contribution in [0.1, 0.15) is 18.5 Å². The lowest BCUT2D eigenvalue weighted by atomic mass is 10.4. The van der Waals surface area contributed by atoms with Gasteiger partial charge < -0.3 is 4.90 Å². The molecule has 0 atom stereocenters. The molecule has 0 amide bonds. The van der Waals surface area contributed by atoms with E-state index >= 15 is 0 Å². The van der Waals surface area contributed by atoms with Crippen molar-refractivity contribution < 1.29 is 0 Å². The Morgan fingerprint density at radius 2 is 2.25 bits per heavy atom.